The molecule has 1 saturated carbocycles. The van der Waals surface area contributed by atoms with Gasteiger partial charge in [-0.05, 0) is 79.0 Å². The summed E-state index contributed by atoms with van der Waals surface area (Å²) < 4.78 is 101. The minimum atomic E-state index is -4.83. The van der Waals surface area contributed by atoms with Crippen molar-refractivity contribution in [3.63, 3.8) is 0 Å². The van der Waals surface area contributed by atoms with Crippen LogP contribution in [0.3, 0.4) is 0 Å². The first-order valence-electron chi connectivity index (χ1n) is 11.0. The lowest BCUT2D eigenvalue weighted by Crippen LogP contribution is -2.58. The summed E-state index contributed by atoms with van der Waals surface area (Å²) in [7, 11) is -14.3. The Morgan fingerprint density at radius 3 is 2.16 bits per heavy atom. The second-order valence-electron chi connectivity index (χ2n) is 9.66. The summed E-state index contributed by atoms with van der Waals surface area (Å²) in [6.07, 6.45) is 3.56. The van der Waals surface area contributed by atoms with Gasteiger partial charge in [-0.1, -0.05) is 19.1 Å². The highest BCUT2D eigenvalue weighted by atomic mass is 32.2. The molecule has 15 heteroatoms. The molecular weight excluding hydrogens is 546 g/mol. The zero-order valence-corrected chi connectivity index (χ0v) is 22.7. The number of hydrogen-bond donors (Lipinski definition) is 6. The molecule has 4 unspecified atom stereocenters. The van der Waals surface area contributed by atoms with Crippen LogP contribution < -0.4 is 11.5 Å². The molecule has 1 aromatic carbocycles. The number of hydrogen-bond acceptors (Lipinski definition) is 9. The standard InChI is InChI=1S/C22H29N3O9S3/c1-11-8-14(10-22(3,21(11)25)37(32,33)34)19(13-4-6-16(23)18(9-13)35(26,27)28)15-5-7-17(24)20(12(15)2)36(29,30)31/h4-7,9,11,14,21,23H,8,10,24-25H2,1-3H3,(H,26,27,28)(H,29,30,31)(H,32,33,34)/b19-13+,23-16?. The van der Waals surface area contributed by atoms with Crippen LogP contribution in [0.15, 0.2) is 45.7 Å². The van der Waals surface area contributed by atoms with Crippen molar-refractivity contribution in [3.05, 3.63) is 52.0 Å². The fourth-order valence-electron chi connectivity index (χ4n) is 5.26. The molecule has 0 radical (unpaired) electrons. The second-order valence-corrected chi connectivity index (χ2v) is 14.3. The Labute approximate surface area is 215 Å². The van der Waals surface area contributed by atoms with Gasteiger partial charge in [0.2, 0.25) is 0 Å². The van der Waals surface area contributed by atoms with Gasteiger partial charge in [-0.3, -0.25) is 19.1 Å². The Kier molecular flexibility index (Phi) is 7.42. The van der Waals surface area contributed by atoms with Crippen LogP contribution in [0.25, 0.3) is 5.57 Å². The van der Waals surface area contributed by atoms with Crippen molar-refractivity contribution in [2.24, 2.45) is 17.6 Å². The van der Waals surface area contributed by atoms with Gasteiger partial charge in [-0.2, -0.15) is 25.3 Å². The maximum absolute atomic E-state index is 12.4. The van der Waals surface area contributed by atoms with Gasteiger partial charge >= 0.3 is 0 Å². The summed E-state index contributed by atoms with van der Waals surface area (Å²) in [5.41, 5.74) is 11.9. The number of nitrogens with two attached hydrogens (primary N) is 2. The third-order valence-electron chi connectivity index (χ3n) is 7.18. The summed E-state index contributed by atoms with van der Waals surface area (Å²) in [5, 5.41) is 7.90. The van der Waals surface area contributed by atoms with Gasteiger partial charge < -0.3 is 11.5 Å². The zero-order valence-electron chi connectivity index (χ0n) is 20.2. The molecule has 12 nitrogen and oxygen atoms in total. The van der Waals surface area contributed by atoms with Crippen LogP contribution in [0.1, 0.15) is 37.8 Å². The van der Waals surface area contributed by atoms with Crippen LogP contribution in [-0.4, -0.2) is 55.4 Å². The average molecular weight is 576 g/mol. The molecule has 2 aliphatic carbocycles. The zero-order chi connectivity index (χ0) is 28.3. The lowest BCUT2D eigenvalue weighted by Gasteiger charge is -2.45. The van der Waals surface area contributed by atoms with E-state index in [0.29, 0.717) is 0 Å². The Morgan fingerprint density at radius 2 is 1.65 bits per heavy atom. The van der Waals surface area contributed by atoms with Crippen molar-refractivity contribution in [1.29, 1.82) is 5.41 Å². The summed E-state index contributed by atoms with van der Waals surface area (Å²) in [6, 6.07) is 1.72. The van der Waals surface area contributed by atoms with Crippen molar-refractivity contribution in [2.75, 3.05) is 5.73 Å². The van der Waals surface area contributed by atoms with E-state index >= 15 is 0 Å². The highest BCUT2D eigenvalue weighted by molar-refractivity contribution is 7.91. The third kappa shape index (κ3) is 5.30. The summed E-state index contributed by atoms with van der Waals surface area (Å²) in [5.74, 6) is -1.20. The molecule has 1 fully saturated rings. The van der Waals surface area contributed by atoms with Crippen molar-refractivity contribution in [2.45, 2.75) is 49.3 Å². The van der Waals surface area contributed by atoms with E-state index in [1.807, 2.05) is 0 Å². The molecule has 204 valence electrons. The Hall–Kier alpha value is -2.40. The SMILES string of the molecule is Cc1c(/C(=C2\C=CC(=N)C(S(=O)(=O)O)=C2)C2CC(C)C(N)C(C)(S(=O)(=O)O)C2)ccc(N)c1S(=O)(=O)O. The molecule has 0 saturated heterocycles. The summed E-state index contributed by atoms with van der Waals surface area (Å²) >= 11 is 0. The molecule has 0 heterocycles. The normalized spacial score (nSPS) is 28.7. The minimum absolute atomic E-state index is 0.0111. The fourth-order valence-corrected chi connectivity index (χ4v) is 7.74. The lowest BCUT2D eigenvalue weighted by molar-refractivity contribution is 0.220. The topological polar surface area (TPSA) is 239 Å². The van der Waals surface area contributed by atoms with Gasteiger partial charge in [0.1, 0.15) is 14.5 Å². The maximum atomic E-state index is 12.4. The van der Waals surface area contributed by atoms with E-state index in [4.69, 9.17) is 16.9 Å². The molecule has 0 bridgehead atoms. The van der Waals surface area contributed by atoms with Crippen LogP contribution in [0.4, 0.5) is 5.69 Å². The number of rotatable bonds is 5. The van der Waals surface area contributed by atoms with Crippen molar-refractivity contribution in [3.8, 4) is 0 Å². The summed E-state index contributed by atoms with van der Waals surface area (Å²) in [6.45, 7) is 4.36. The molecule has 2 aliphatic rings. The first-order chi connectivity index (χ1) is 16.7. The predicted octanol–water partition coefficient (Wildman–Crippen LogP) is 1.96. The highest BCUT2D eigenvalue weighted by Crippen LogP contribution is 2.48. The van der Waals surface area contributed by atoms with Crippen LogP contribution in [0.2, 0.25) is 0 Å². The first kappa shape index (κ1) is 29.2. The molecule has 4 atom stereocenters. The van der Waals surface area contributed by atoms with Gasteiger partial charge in [0.25, 0.3) is 30.4 Å². The fraction of sp³-hybridized carbons (Fsp3) is 0.409. The second kappa shape index (κ2) is 9.41. The Balaban J connectivity index is 2.44. The van der Waals surface area contributed by atoms with E-state index < -0.39 is 68.5 Å². The van der Waals surface area contributed by atoms with E-state index in [2.05, 4.69) is 0 Å². The molecule has 8 N–H and O–H groups in total. The van der Waals surface area contributed by atoms with Gasteiger partial charge in [0.05, 0.1) is 11.4 Å². The summed E-state index contributed by atoms with van der Waals surface area (Å²) in [4.78, 5) is -1.29. The Morgan fingerprint density at radius 1 is 1.05 bits per heavy atom. The van der Waals surface area contributed by atoms with Crippen molar-refractivity contribution in [1.82, 2.24) is 0 Å². The van der Waals surface area contributed by atoms with E-state index in [9.17, 15) is 38.9 Å². The molecule has 0 spiro atoms. The largest absolute Gasteiger partial charge is 0.398 e. The molecule has 0 aliphatic heterocycles. The third-order valence-corrected chi connectivity index (χ3v) is 10.7. The number of nitrogens with one attached hydrogen (secondary N) is 1. The number of benzene rings is 1. The maximum Gasteiger partial charge on any atom is 0.296 e. The molecule has 3 rings (SSSR count). The molecule has 1 aromatic rings. The van der Waals surface area contributed by atoms with Gasteiger partial charge in [0, 0.05) is 6.04 Å². The van der Waals surface area contributed by atoms with E-state index in [1.165, 1.54) is 32.1 Å². The molecular formula is C22H29N3O9S3. The van der Waals surface area contributed by atoms with Crippen molar-refractivity contribution < 1.29 is 38.9 Å². The smallest absolute Gasteiger partial charge is 0.296 e. The quantitative estimate of drug-likeness (QED) is 0.219. The number of allylic oxidation sites excluding steroid dienone is 6. The van der Waals surface area contributed by atoms with Crippen LogP contribution in [-0.2, 0) is 30.4 Å². The Bertz CT molecular complexity index is 1590. The van der Waals surface area contributed by atoms with Crippen LogP contribution in [0.5, 0.6) is 0 Å². The molecule has 0 amide bonds. The number of nitrogen functional groups attached to an aromatic ring is 1. The molecule has 0 aromatic heterocycles. The van der Waals surface area contributed by atoms with Gasteiger partial charge in [-0.15, -0.1) is 0 Å². The highest BCUT2D eigenvalue weighted by Gasteiger charge is 2.51. The minimum Gasteiger partial charge on any atom is -0.398 e. The lowest BCUT2D eigenvalue weighted by atomic mass is 9.68. The van der Waals surface area contributed by atoms with Gasteiger partial charge in [0.15, 0.2) is 0 Å². The van der Waals surface area contributed by atoms with Crippen LogP contribution >= 0.6 is 0 Å². The molecule has 37 heavy (non-hydrogen) atoms. The monoisotopic (exact) mass is 575 g/mol. The average Bonchev–Trinajstić information content (AvgIpc) is 2.72. The predicted molar refractivity (Wildman–Crippen MR) is 139 cm³/mol. The van der Waals surface area contributed by atoms with Crippen LogP contribution in [0, 0.1) is 24.2 Å². The first-order valence-corrected chi connectivity index (χ1v) is 15.3. The van der Waals surface area contributed by atoms with E-state index in [-0.39, 0.29) is 40.8 Å². The van der Waals surface area contributed by atoms with Crippen molar-refractivity contribution >= 4 is 47.3 Å². The number of anilines is 1. The van der Waals surface area contributed by atoms with Gasteiger partial charge in [-0.25, -0.2) is 0 Å². The van der Waals surface area contributed by atoms with E-state index in [1.54, 1.807) is 6.92 Å². The van der Waals surface area contributed by atoms with E-state index in [0.717, 1.165) is 12.2 Å².